The van der Waals surface area contributed by atoms with Crippen molar-refractivity contribution in [1.82, 2.24) is 20.5 Å². The lowest BCUT2D eigenvalue weighted by Crippen LogP contribution is -2.55. The van der Waals surface area contributed by atoms with Gasteiger partial charge in [-0.25, -0.2) is 0 Å². The lowest BCUT2D eigenvalue weighted by molar-refractivity contribution is -0.191. The van der Waals surface area contributed by atoms with Gasteiger partial charge in [-0.2, -0.15) is 9.59 Å². The van der Waals surface area contributed by atoms with Crippen molar-refractivity contribution in [1.29, 1.82) is 5.41 Å². The first-order valence-corrected chi connectivity index (χ1v) is 14.6. The van der Waals surface area contributed by atoms with Gasteiger partial charge in [0, 0.05) is 54.0 Å². The number of fused-ring (bicyclic) bond motifs is 2. The monoisotopic (exact) mass is 587 g/mol. The zero-order valence-corrected chi connectivity index (χ0v) is 25.3. The molecule has 43 heavy (non-hydrogen) atoms. The second-order valence-electron chi connectivity index (χ2n) is 11.2. The summed E-state index contributed by atoms with van der Waals surface area (Å²) in [5, 5.41) is 18.7. The van der Waals surface area contributed by atoms with Gasteiger partial charge in [0.25, 0.3) is 0 Å². The summed E-state index contributed by atoms with van der Waals surface area (Å²) in [5.41, 5.74) is 4.98. The fourth-order valence-electron chi connectivity index (χ4n) is 5.46. The van der Waals surface area contributed by atoms with Gasteiger partial charge in [-0.05, 0) is 81.3 Å². The van der Waals surface area contributed by atoms with Crippen LogP contribution in [0.15, 0.2) is 48.6 Å². The van der Waals surface area contributed by atoms with Gasteiger partial charge in [0.1, 0.15) is 12.1 Å². The summed E-state index contributed by atoms with van der Waals surface area (Å²) in [5.74, 6) is -0.919. The number of amides is 3. The zero-order chi connectivity index (χ0) is 31.5. The third kappa shape index (κ3) is 9.21. The van der Waals surface area contributed by atoms with Crippen LogP contribution in [0, 0.1) is 5.41 Å². The molecule has 4 rings (SSSR count). The lowest BCUT2D eigenvalue weighted by atomic mass is 10.00. The summed E-state index contributed by atoms with van der Waals surface area (Å²) in [6.07, 6.45) is 8.85. The van der Waals surface area contributed by atoms with Crippen LogP contribution in [0.2, 0.25) is 0 Å². The number of aryl methyl sites for hydroxylation is 1. The van der Waals surface area contributed by atoms with Crippen LogP contribution in [0.5, 0.6) is 0 Å². The van der Waals surface area contributed by atoms with E-state index in [9.17, 15) is 14.4 Å². The SMILES string of the molecule is CC(=N)CCCC[C@@H]1NC(=O)C(NC(C)=O)Cc2ccc3c(c2)c2cc(ccc2n3C)CC=CC[C@@H](C)NC1=O.O=C=O. The summed E-state index contributed by atoms with van der Waals surface area (Å²) in [6.45, 7) is 5.12. The molecule has 4 N–H and O–H groups in total. The average molecular weight is 588 g/mol. The van der Waals surface area contributed by atoms with Gasteiger partial charge in [-0.3, -0.25) is 14.4 Å². The summed E-state index contributed by atoms with van der Waals surface area (Å²) in [4.78, 5) is 55.1. The number of carbonyl (C=O) groups excluding carboxylic acids is 5. The third-order valence-electron chi connectivity index (χ3n) is 7.59. The predicted molar refractivity (Wildman–Crippen MR) is 166 cm³/mol. The minimum Gasteiger partial charge on any atom is -0.352 e. The van der Waals surface area contributed by atoms with Crippen molar-refractivity contribution in [2.45, 2.75) is 83.8 Å². The Balaban J connectivity index is 0.00000162. The van der Waals surface area contributed by atoms with Gasteiger partial charge in [-0.15, -0.1) is 0 Å². The van der Waals surface area contributed by atoms with Crippen LogP contribution in [0.25, 0.3) is 21.8 Å². The minimum atomic E-state index is -0.821. The Hall–Kier alpha value is -4.56. The van der Waals surface area contributed by atoms with Crippen molar-refractivity contribution in [3.8, 4) is 0 Å². The normalized spacial score (nSPS) is 19.2. The highest BCUT2D eigenvalue weighted by Crippen LogP contribution is 2.30. The first-order valence-electron chi connectivity index (χ1n) is 14.6. The van der Waals surface area contributed by atoms with Gasteiger partial charge in [0.15, 0.2) is 0 Å². The second kappa shape index (κ2) is 15.6. The van der Waals surface area contributed by atoms with Crippen molar-refractivity contribution in [2.75, 3.05) is 0 Å². The van der Waals surface area contributed by atoms with Crippen LogP contribution in [-0.4, -0.2) is 52.3 Å². The zero-order valence-electron chi connectivity index (χ0n) is 25.3. The molecule has 3 amide bonds. The topological polar surface area (TPSA) is 150 Å². The van der Waals surface area contributed by atoms with E-state index in [2.05, 4.69) is 70.0 Å². The van der Waals surface area contributed by atoms with Crippen molar-refractivity contribution < 1.29 is 24.0 Å². The van der Waals surface area contributed by atoms with E-state index in [4.69, 9.17) is 15.0 Å². The van der Waals surface area contributed by atoms with E-state index in [-0.39, 0.29) is 29.9 Å². The highest BCUT2D eigenvalue weighted by Gasteiger charge is 2.27. The van der Waals surface area contributed by atoms with Gasteiger partial charge < -0.3 is 25.9 Å². The Morgan fingerprint density at radius 3 is 2.23 bits per heavy atom. The number of carbonyl (C=O) groups is 3. The molecule has 10 heteroatoms. The highest BCUT2D eigenvalue weighted by molar-refractivity contribution is 6.08. The van der Waals surface area contributed by atoms with E-state index < -0.39 is 12.1 Å². The molecule has 2 aromatic carbocycles. The number of rotatable bonds is 6. The van der Waals surface area contributed by atoms with Crippen LogP contribution < -0.4 is 16.0 Å². The number of unbranched alkanes of at least 4 members (excludes halogenated alkanes) is 1. The average Bonchev–Trinajstić information content (AvgIpc) is 3.22. The molecule has 4 bridgehead atoms. The Morgan fingerprint density at radius 1 is 0.977 bits per heavy atom. The molecule has 0 aliphatic carbocycles. The number of hydrogen-bond donors (Lipinski definition) is 4. The fourth-order valence-corrected chi connectivity index (χ4v) is 5.46. The molecule has 10 nitrogen and oxygen atoms in total. The Morgan fingerprint density at radius 2 is 1.60 bits per heavy atom. The molecule has 0 saturated carbocycles. The Kier molecular flexibility index (Phi) is 12.0. The molecule has 2 heterocycles. The number of nitrogens with one attached hydrogen (secondary N) is 4. The maximum Gasteiger partial charge on any atom is 0.373 e. The summed E-state index contributed by atoms with van der Waals surface area (Å²) < 4.78 is 2.18. The van der Waals surface area contributed by atoms with Crippen LogP contribution in [0.3, 0.4) is 0 Å². The molecular formula is C33H41N5O5. The molecule has 0 spiro atoms. The maximum absolute atomic E-state index is 13.5. The number of aromatic nitrogens is 1. The smallest absolute Gasteiger partial charge is 0.352 e. The lowest BCUT2D eigenvalue weighted by Gasteiger charge is -2.24. The fraction of sp³-hybridized carbons (Fsp3) is 0.424. The number of nitrogens with zero attached hydrogens (tertiary/aromatic N) is 1. The van der Waals surface area contributed by atoms with Crippen LogP contribution in [-0.2, 0) is 43.9 Å². The first kappa shape index (κ1) is 32.9. The molecule has 1 unspecified atom stereocenters. The van der Waals surface area contributed by atoms with E-state index in [1.54, 1.807) is 6.92 Å². The summed E-state index contributed by atoms with van der Waals surface area (Å²) in [6, 6.07) is 11.0. The second-order valence-corrected chi connectivity index (χ2v) is 11.2. The van der Waals surface area contributed by atoms with E-state index >= 15 is 0 Å². The van der Waals surface area contributed by atoms with Crippen molar-refractivity contribution in [3.63, 3.8) is 0 Å². The number of hydrogen-bond acceptors (Lipinski definition) is 6. The van der Waals surface area contributed by atoms with Gasteiger partial charge in [0.05, 0.1) is 0 Å². The van der Waals surface area contributed by atoms with E-state index in [0.29, 0.717) is 37.8 Å². The van der Waals surface area contributed by atoms with E-state index in [0.717, 1.165) is 40.2 Å². The molecule has 228 valence electrons. The molecular weight excluding hydrogens is 546 g/mol. The van der Waals surface area contributed by atoms with Crippen molar-refractivity contribution in [2.24, 2.45) is 7.05 Å². The van der Waals surface area contributed by atoms with Crippen LogP contribution in [0.1, 0.15) is 64.0 Å². The van der Waals surface area contributed by atoms with Crippen molar-refractivity contribution >= 4 is 51.4 Å². The predicted octanol–water partition coefficient (Wildman–Crippen LogP) is 3.89. The van der Waals surface area contributed by atoms with Gasteiger partial charge in [-0.1, -0.05) is 30.7 Å². The molecule has 1 aromatic heterocycles. The molecule has 0 saturated heterocycles. The highest BCUT2D eigenvalue weighted by atomic mass is 16.2. The third-order valence-corrected chi connectivity index (χ3v) is 7.59. The largest absolute Gasteiger partial charge is 0.373 e. The van der Waals surface area contributed by atoms with E-state index in [1.165, 1.54) is 12.5 Å². The minimum absolute atomic E-state index is 0.104. The Bertz CT molecular complexity index is 1550. The Labute approximate surface area is 251 Å². The van der Waals surface area contributed by atoms with Crippen molar-refractivity contribution in [3.05, 3.63) is 59.7 Å². The number of allylic oxidation sites excluding steroid dienone is 1. The molecule has 0 radical (unpaired) electrons. The maximum atomic E-state index is 13.5. The van der Waals surface area contributed by atoms with Crippen LogP contribution in [0.4, 0.5) is 0 Å². The molecule has 1 aliphatic heterocycles. The summed E-state index contributed by atoms with van der Waals surface area (Å²) >= 11 is 0. The van der Waals surface area contributed by atoms with E-state index in [1.807, 2.05) is 13.0 Å². The molecule has 3 atom stereocenters. The standard InChI is InChI=1S/C32H41N5O3.CO2/c1-20(33)9-5-8-12-27-31(39)34-21(2)10-6-7-11-23-13-15-29-25(17-23)26-18-24(14-16-30(26)37(29)4)19-28(32(40)36-27)35-22(3)38;2-1-3/h6-7,13-18,21,27-28,33H,5,8-12,19H2,1-4H3,(H,34,39)(H,35,38)(H,36,40);/t21-,27+,28?;/m1./s1. The summed E-state index contributed by atoms with van der Waals surface area (Å²) in [7, 11) is 2.06. The molecule has 1 aliphatic rings. The number of benzene rings is 2. The first-order chi connectivity index (χ1) is 20.5. The van der Waals surface area contributed by atoms with Gasteiger partial charge >= 0.3 is 6.15 Å². The molecule has 0 fully saturated rings. The molecule has 3 aromatic rings. The van der Waals surface area contributed by atoms with Crippen LogP contribution >= 0.6 is 0 Å². The quantitative estimate of drug-likeness (QED) is 0.196. The van der Waals surface area contributed by atoms with Gasteiger partial charge in [0.2, 0.25) is 17.7 Å².